The van der Waals surface area contributed by atoms with Crippen molar-refractivity contribution in [1.29, 1.82) is 0 Å². The minimum absolute atomic E-state index is 0.151. The number of carbonyl (C=O) groups excluding carboxylic acids is 2. The highest BCUT2D eigenvalue weighted by molar-refractivity contribution is 5.83. The van der Waals surface area contributed by atoms with Crippen molar-refractivity contribution >= 4 is 29.0 Å². The van der Waals surface area contributed by atoms with Gasteiger partial charge in [0.05, 0.1) is 12.5 Å². The molecule has 8 heteroatoms. The molecule has 3 aliphatic heterocycles. The molecular weight excluding hydrogens is 592 g/mol. The number of phenols is 1. The van der Waals surface area contributed by atoms with Crippen molar-refractivity contribution in [1.82, 2.24) is 0 Å². The van der Waals surface area contributed by atoms with Gasteiger partial charge in [-0.15, -0.1) is 0 Å². The van der Waals surface area contributed by atoms with Crippen molar-refractivity contribution in [3.8, 4) is 17.2 Å². The van der Waals surface area contributed by atoms with Crippen LogP contribution < -0.4 is 14.5 Å². The van der Waals surface area contributed by atoms with E-state index in [1.807, 2.05) is 67.4 Å². The molecule has 0 saturated carbocycles. The summed E-state index contributed by atoms with van der Waals surface area (Å²) in [5.41, 5.74) is 4.54. The van der Waals surface area contributed by atoms with Crippen molar-refractivity contribution in [2.24, 2.45) is 11.8 Å². The summed E-state index contributed by atoms with van der Waals surface area (Å²) in [6.45, 7) is 9.66. The first-order valence-electron chi connectivity index (χ1n) is 16.6. The van der Waals surface area contributed by atoms with Crippen LogP contribution in [0.3, 0.4) is 0 Å². The van der Waals surface area contributed by atoms with E-state index in [-0.39, 0.29) is 35.1 Å². The Bertz CT molecular complexity index is 1790. The second-order valence-electron chi connectivity index (χ2n) is 13.7. The van der Waals surface area contributed by atoms with Crippen molar-refractivity contribution in [3.05, 3.63) is 95.6 Å². The van der Waals surface area contributed by atoms with Gasteiger partial charge in [-0.3, -0.25) is 9.59 Å². The molecule has 0 amide bonds. The summed E-state index contributed by atoms with van der Waals surface area (Å²) in [5, 5.41) is 9.83. The van der Waals surface area contributed by atoms with Crippen LogP contribution in [-0.4, -0.2) is 42.8 Å². The van der Waals surface area contributed by atoms with Gasteiger partial charge in [0.25, 0.3) is 0 Å². The SMILES string of the molecule is CCOC(=O)CCCN1c2cc3c(cc2C(C)CC1(C)C)C1(OC(=O)C2C=CC=CC21)c1ccc(N(C)c2ccc(O)cc2)cc1O3. The highest BCUT2D eigenvalue weighted by Gasteiger charge is 2.60. The molecular formula is C39H42N2O6. The molecule has 1 fully saturated rings. The zero-order chi connectivity index (χ0) is 33.1. The number of allylic oxidation sites excluding steroid dienone is 2. The third-order valence-electron chi connectivity index (χ3n) is 10.3. The van der Waals surface area contributed by atoms with Gasteiger partial charge in [0.1, 0.15) is 17.2 Å². The summed E-state index contributed by atoms with van der Waals surface area (Å²) in [7, 11) is 1.97. The molecule has 4 unspecified atom stereocenters. The maximum atomic E-state index is 13.6. The molecule has 4 aliphatic rings. The van der Waals surface area contributed by atoms with Gasteiger partial charge in [-0.05, 0) is 87.6 Å². The zero-order valence-corrected chi connectivity index (χ0v) is 27.7. The highest BCUT2D eigenvalue weighted by atomic mass is 16.6. The average molecular weight is 635 g/mol. The standard InChI is InChI=1S/C39H42N2O6/c1-6-45-36(43)12-9-19-41-33-22-35-32(21-29(33)24(2)23-38(41,3)4)39(30-11-8-7-10-28(30)37(44)47-39)31-18-15-26(20-34(31)46-35)40(5)25-13-16-27(42)17-14-25/h7-8,10-11,13-18,20-22,24,28,30,42H,6,9,12,19,23H2,1-5H3. The molecule has 4 atom stereocenters. The monoisotopic (exact) mass is 634 g/mol. The molecule has 0 radical (unpaired) electrons. The van der Waals surface area contributed by atoms with Gasteiger partial charge in [0, 0.05) is 71.8 Å². The zero-order valence-electron chi connectivity index (χ0n) is 27.7. The van der Waals surface area contributed by atoms with Gasteiger partial charge in [0.2, 0.25) is 0 Å². The summed E-state index contributed by atoms with van der Waals surface area (Å²) < 4.78 is 18.6. The lowest BCUT2D eigenvalue weighted by atomic mass is 9.68. The molecule has 7 rings (SSSR count). The minimum Gasteiger partial charge on any atom is -0.508 e. The Labute approximate surface area is 276 Å². The van der Waals surface area contributed by atoms with Crippen LogP contribution in [0.5, 0.6) is 17.2 Å². The maximum Gasteiger partial charge on any atom is 0.314 e. The number of esters is 2. The lowest BCUT2D eigenvalue weighted by molar-refractivity contribution is -0.148. The van der Waals surface area contributed by atoms with Gasteiger partial charge in [0.15, 0.2) is 5.60 Å². The van der Waals surface area contributed by atoms with Crippen LogP contribution in [-0.2, 0) is 24.7 Å². The Morgan fingerprint density at radius 1 is 1.02 bits per heavy atom. The summed E-state index contributed by atoms with van der Waals surface area (Å²) in [5.74, 6) is 0.696. The lowest BCUT2D eigenvalue weighted by Crippen LogP contribution is -2.49. The lowest BCUT2D eigenvalue weighted by Gasteiger charge is -2.49. The molecule has 1 aliphatic carbocycles. The Kier molecular flexibility index (Phi) is 7.57. The molecule has 0 aromatic heterocycles. The molecule has 47 heavy (non-hydrogen) atoms. The van der Waals surface area contributed by atoms with Crippen LogP contribution in [0.25, 0.3) is 0 Å². The molecule has 0 bridgehead atoms. The third-order valence-corrected chi connectivity index (χ3v) is 10.3. The van der Waals surface area contributed by atoms with Crippen molar-refractivity contribution in [2.75, 3.05) is 30.0 Å². The molecule has 1 saturated heterocycles. The second kappa shape index (κ2) is 11.5. The van der Waals surface area contributed by atoms with Crippen LogP contribution in [0.15, 0.2) is 78.9 Å². The van der Waals surface area contributed by atoms with Crippen LogP contribution in [0, 0.1) is 11.8 Å². The van der Waals surface area contributed by atoms with E-state index in [1.54, 1.807) is 12.1 Å². The van der Waals surface area contributed by atoms with Gasteiger partial charge < -0.3 is 29.1 Å². The van der Waals surface area contributed by atoms with E-state index in [9.17, 15) is 14.7 Å². The topological polar surface area (TPSA) is 88.5 Å². The van der Waals surface area contributed by atoms with E-state index in [0.29, 0.717) is 37.5 Å². The molecule has 1 spiro atoms. The van der Waals surface area contributed by atoms with Gasteiger partial charge in [-0.25, -0.2) is 0 Å². The Balaban J connectivity index is 1.35. The van der Waals surface area contributed by atoms with Crippen LogP contribution in [0.2, 0.25) is 0 Å². The van der Waals surface area contributed by atoms with E-state index >= 15 is 0 Å². The molecule has 1 N–H and O–H groups in total. The van der Waals surface area contributed by atoms with Crippen LogP contribution >= 0.6 is 0 Å². The number of fused-ring (bicyclic) bond motifs is 7. The van der Waals surface area contributed by atoms with Crippen molar-refractivity contribution < 1.29 is 28.9 Å². The fraction of sp³-hybridized carbons (Fsp3) is 0.385. The smallest absolute Gasteiger partial charge is 0.314 e. The predicted octanol–water partition coefficient (Wildman–Crippen LogP) is 7.86. The maximum absolute atomic E-state index is 13.6. The quantitative estimate of drug-likeness (QED) is 0.263. The Hall–Kier alpha value is -4.72. The first kappa shape index (κ1) is 30.9. The summed E-state index contributed by atoms with van der Waals surface area (Å²) in [6, 6.07) is 17.4. The van der Waals surface area contributed by atoms with E-state index in [4.69, 9.17) is 14.2 Å². The molecule has 3 heterocycles. The Morgan fingerprint density at radius 3 is 2.51 bits per heavy atom. The number of benzene rings is 3. The third kappa shape index (κ3) is 5.05. The number of carbonyl (C=O) groups is 2. The fourth-order valence-corrected chi connectivity index (χ4v) is 8.11. The normalized spacial score (nSPS) is 24.5. The number of rotatable bonds is 7. The largest absolute Gasteiger partial charge is 0.508 e. The van der Waals surface area contributed by atoms with Crippen molar-refractivity contribution in [2.45, 2.75) is 64.0 Å². The van der Waals surface area contributed by atoms with E-state index in [0.717, 1.165) is 34.6 Å². The van der Waals surface area contributed by atoms with Crippen LogP contribution in [0.4, 0.5) is 17.1 Å². The van der Waals surface area contributed by atoms with E-state index in [2.05, 4.69) is 43.9 Å². The summed E-state index contributed by atoms with van der Waals surface area (Å²) in [4.78, 5) is 30.2. The molecule has 3 aromatic carbocycles. The van der Waals surface area contributed by atoms with Gasteiger partial charge >= 0.3 is 11.9 Å². The number of nitrogens with zero attached hydrogens (tertiary/aromatic N) is 2. The summed E-state index contributed by atoms with van der Waals surface area (Å²) in [6.07, 6.45) is 9.93. The predicted molar refractivity (Wildman–Crippen MR) is 182 cm³/mol. The van der Waals surface area contributed by atoms with E-state index < -0.39 is 11.5 Å². The number of hydrogen-bond donors (Lipinski definition) is 1. The first-order chi connectivity index (χ1) is 22.5. The number of anilines is 3. The fourth-order valence-electron chi connectivity index (χ4n) is 8.11. The number of phenolic OH excluding ortho intramolecular Hbond substituents is 1. The first-order valence-corrected chi connectivity index (χ1v) is 16.6. The minimum atomic E-state index is -1.06. The number of hydrogen-bond acceptors (Lipinski definition) is 8. The van der Waals surface area contributed by atoms with Gasteiger partial charge in [-0.1, -0.05) is 31.2 Å². The van der Waals surface area contributed by atoms with Crippen molar-refractivity contribution in [3.63, 3.8) is 0 Å². The number of aromatic hydroxyl groups is 1. The molecule has 244 valence electrons. The van der Waals surface area contributed by atoms with E-state index in [1.165, 1.54) is 5.56 Å². The van der Waals surface area contributed by atoms with Gasteiger partial charge in [-0.2, -0.15) is 0 Å². The highest BCUT2D eigenvalue weighted by Crippen LogP contribution is 2.61. The summed E-state index contributed by atoms with van der Waals surface area (Å²) >= 11 is 0. The average Bonchev–Trinajstić information content (AvgIpc) is 3.34. The number of ether oxygens (including phenoxy) is 3. The van der Waals surface area contributed by atoms with Crippen LogP contribution in [0.1, 0.15) is 69.6 Å². The Morgan fingerprint density at radius 2 is 1.74 bits per heavy atom. The molecule has 3 aromatic rings. The molecule has 8 nitrogen and oxygen atoms in total. The second-order valence-corrected chi connectivity index (χ2v) is 13.7.